The molecule has 3 aliphatic heterocycles. The smallest absolute Gasteiger partial charge is 0.335 e. The maximum Gasteiger partial charge on any atom is 0.335 e. The lowest BCUT2D eigenvalue weighted by atomic mass is 9.82. The molecule has 2 saturated heterocycles. The molecule has 5 rings (SSSR count). The average Bonchev–Trinajstić information content (AvgIpc) is 3.48. The minimum atomic E-state index is -0.855. The minimum absolute atomic E-state index is 0.148. The third-order valence-corrected chi connectivity index (χ3v) is 7.14. The van der Waals surface area contributed by atoms with E-state index >= 15 is 0 Å². The van der Waals surface area contributed by atoms with Crippen molar-refractivity contribution in [2.75, 3.05) is 39.3 Å². The Balaban J connectivity index is 1.24. The highest BCUT2D eigenvalue weighted by Crippen LogP contribution is 2.42. The van der Waals surface area contributed by atoms with E-state index in [2.05, 4.69) is 17.0 Å². The van der Waals surface area contributed by atoms with E-state index in [1.807, 2.05) is 18.2 Å². The third kappa shape index (κ3) is 4.14. The van der Waals surface area contributed by atoms with E-state index in [9.17, 15) is 14.4 Å². The van der Waals surface area contributed by atoms with Gasteiger partial charge in [0.15, 0.2) is 5.76 Å². The topological polar surface area (TPSA) is 83.3 Å². The van der Waals surface area contributed by atoms with Gasteiger partial charge in [-0.3, -0.25) is 14.5 Å². The minimum Gasteiger partial charge on any atom is -0.459 e. The van der Waals surface area contributed by atoms with Crippen LogP contribution in [-0.2, 0) is 20.9 Å². The number of piperazine rings is 1. The van der Waals surface area contributed by atoms with Crippen LogP contribution in [0.4, 0.5) is 0 Å². The Hall–Kier alpha value is -3.39. The summed E-state index contributed by atoms with van der Waals surface area (Å²) in [6, 6.07) is 13.6. The molecule has 8 heteroatoms. The van der Waals surface area contributed by atoms with Crippen LogP contribution < -0.4 is 0 Å². The predicted molar refractivity (Wildman–Crippen MR) is 124 cm³/mol. The summed E-state index contributed by atoms with van der Waals surface area (Å²) in [5.41, 5.74) is 1.30. The molecule has 0 unspecified atom stereocenters. The molecule has 3 aliphatic rings. The number of carbonyl (C=O) groups is 3. The maximum absolute atomic E-state index is 13.6. The Morgan fingerprint density at radius 2 is 1.53 bits per heavy atom. The first kappa shape index (κ1) is 22.4. The van der Waals surface area contributed by atoms with Gasteiger partial charge in [-0.05, 0) is 24.6 Å². The van der Waals surface area contributed by atoms with Crippen LogP contribution in [0.15, 0.2) is 64.3 Å². The lowest BCUT2D eigenvalue weighted by Gasteiger charge is -2.41. The zero-order valence-electron chi connectivity index (χ0n) is 19.4. The van der Waals surface area contributed by atoms with Crippen molar-refractivity contribution in [2.24, 2.45) is 0 Å². The molecular weight excluding hydrogens is 434 g/mol. The largest absolute Gasteiger partial charge is 0.459 e. The Labute approximate surface area is 198 Å². The first-order chi connectivity index (χ1) is 16.5. The molecule has 1 aromatic heterocycles. The fraction of sp³-hybridized carbons (Fsp3) is 0.423. The molecule has 4 heterocycles. The zero-order chi connectivity index (χ0) is 23.7. The van der Waals surface area contributed by atoms with Gasteiger partial charge in [-0.25, -0.2) is 4.79 Å². The van der Waals surface area contributed by atoms with Gasteiger partial charge in [0, 0.05) is 64.2 Å². The summed E-state index contributed by atoms with van der Waals surface area (Å²) in [6.45, 7) is 5.68. The second kappa shape index (κ2) is 9.10. The molecule has 0 saturated carbocycles. The Morgan fingerprint density at radius 1 is 0.882 bits per heavy atom. The van der Waals surface area contributed by atoms with E-state index in [1.54, 1.807) is 28.9 Å². The highest BCUT2D eigenvalue weighted by atomic mass is 16.6. The van der Waals surface area contributed by atoms with Crippen LogP contribution in [0.3, 0.4) is 0 Å². The van der Waals surface area contributed by atoms with Gasteiger partial charge in [0.1, 0.15) is 5.60 Å². The second-order valence-corrected chi connectivity index (χ2v) is 9.21. The molecule has 2 fully saturated rings. The molecule has 2 aromatic rings. The molecule has 0 bridgehead atoms. The van der Waals surface area contributed by atoms with Crippen molar-refractivity contribution in [1.82, 2.24) is 14.7 Å². The van der Waals surface area contributed by atoms with Crippen molar-refractivity contribution in [3.05, 3.63) is 71.2 Å². The summed E-state index contributed by atoms with van der Waals surface area (Å²) in [5.74, 6) is -0.417. The number of benzene rings is 1. The number of amides is 2. The van der Waals surface area contributed by atoms with Gasteiger partial charge < -0.3 is 19.0 Å². The van der Waals surface area contributed by atoms with Gasteiger partial charge in [-0.15, -0.1) is 0 Å². The fourth-order valence-corrected chi connectivity index (χ4v) is 5.20. The number of piperidine rings is 1. The molecule has 1 aromatic carbocycles. The summed E-state index contributed by atoms with van der Waals surface area (Å²) in [5, 5.41) is 0. The van der Waals surface area contributed by atoms with Crippen molar-refractivity contribution in [1.29, 1.82) is 0 Å². The standard InChI is InChI=1S/C26H29N3O5/c1-19-22(24(31)29-15-13-28(14-16-29)23(30)21-8-5-17-33-21)26(34-25(19)32)9-11-27(12-10-26)18-20-6-3-2-4-7-20/h2-8,17H,9-16,18H2,1H3. The summed E-state index contributed by atoms with van der Waals surface area (Å²) in [4.78, 5) is 44.5. The summed E-state index contributed by atoms with van der Waals surface area (Å²) < 4.78 is 11.1. The summed E-state index contributed by atoms with van der Waals surface area (Å²) in [6.07, 6.45) is 2.67. The second-order valence-electron chi connectivity index (χ2n) is 9.21. The predicted octanol–water partition coefficient (Wildman–Crippen LogP) is 2.47. The lowest BCUT2D eigenvalue weighted by Crippen LogP contribution is -2.54. The van der Waals surface area contributed by atoms with Crippen molar-refractivity contribution < 1.29 is 23.5 Å². The van der Waals surface area contributed by atoms with Crippen LogP contribution in [0.1, 0.15) is 35.9 Å². The van der Waals surface area contributed by atoms with Crippen LogP contribution >= 0.6 is 0 Å². The van der Waals surface area contributed by atoms with Gasteiger partial charge in [0.05, 0.1) is 11.8 Å². The molecular formula is C26H29N3O5. The van der Waals surface area contributed by atoms with Crippen LogP contribution in [-0.4, -0.2) is 77.4 Å². The van der Waals surface area contributed by atoms with E-state index < -0.39 is 11.6 Å². The summed E-state index contributed by atoms with van der Waals surface area (Å²) >= 11 is 0. The molecule has 0 N–H and O–H groups in total. The molecule has 0 atom stereocenters. The van der Waals surface area contributed by atoms with Crippen LogP contribution in [0.2, 0.25) is 0 Å². The molecule has 1 spiro atoms. The monoisotopic (exact) mass is 463 g/mol. The first-order valence-electron chi connectivity index (χ1n) is 11.8. The Morgan fingerprint density at radius 3 is 2.15 bits per heavy atom. The number of ether oxygens (including phenoxy) is 1. The van der Waals surface area contributed by atoms with Gasteiger partial charge in [0.25, 0.3) is 11.8 Å². The first-order valence-corrected chi connectivity index (χ1v) is 11.8. The quantitative estimate of drug-likeness (QED) is 0.648. The number of nitrogens with zero attached hydrogens (tertiary/aromatic N) is 3. The number of hydrogen-bond acceptors (Lipinski definition) is 6. The van der Waals surface area contributed by atoms with Gasteiger partial charge in [-0.1, -0.05) is 30.3 Å². The molecule has 2 amide bonds. The Bertz CT molecular complexity index is 1090. The van der Waals surface area contributed by atoms with Crippen LogP contribution in [0.25, 0.3) is 0 Å². The number of furan rings is 1. The lowest BCUT2D eigenvalue weighted by molar-refractivity contribution is -0.151. The van der Waals surface area contributed by atoms with E-state index in [4.69, 9.17) is 9.15 Å². The van der Waals surface area contributed by atoms with E-state index in [0.717, 1.165) is 19.6 Å². The zero-order valence-corrected chi connectivity index (χ0v) is 19.4. The van der Waals surface area contributed by atoms with Gasteiger partial charge in [0.2, 0.25) is 0 Å². The number of likely N-dealkylation sites (tertiary alicyclic amines) is 1. The highest BCUT2D eigenvalue weighted by molar-refractivity contribution is 6.07. The molecule has 8 nitrogen and oxygen atoms in total. The van der Waals surface area contributed by atoms with Gasteiger partial charge >= 0.3 is 5.97 Å². The van der Waals surface area contributed by atoms with Crippen molar-refractivity contribution in [3.8, 4) is 0 Å². The third-order valence-electron chi connectivity index (χ3n) is 7.14. The molecule has 0 aliphatic carbocycles. The van der Waals surface area contributed by atoms with Crippen LogP contribution in [0.5, 0.6) is 0 Å². The maximum atomic E-state index is 13.6. The van der Waals surface area contributed by atoms with E-state index in [1.165, 1.54) is 11.8 Å². The molecule has 34 heavy (non-hydrogen) atoms. The van der Waals surface area contributed by atoms with E-state index in [0.29, 0.717) is 55.9 Å². The number of hydrogen-bond donors (Lipinski definition) is 0. The normalized spacial score (nSPS) is 20.7. The van der Waals surface area contributed by atoms with E-state index in [-0.39, 0.29) is 11.8 Å². The SMILES string of the molecule is CC1=C(C(=O)N2CCN(C(=O)c3ccco3)CC2)C2(CCN(Cc3ccccc3)CC2)OC1=O. The van der Waals surface area contributed by atoms with Crippen LogP contribution in [0, 0.1) is 0 Å². The Kier molecular flexibility index (Phi) is 6.00. The van der Waals surface area contributed by atoms with Crippen molar-refractivity contribution >= 4 is 17.8 Å². The average molecular weight is 464 g/mol. The van der Waals surface area contributed by atoms with Crippen molar-refractivity contribution in [2.45, 2.75) is 31.9 Å². The molecule has 0 radical (unpaired) electrons. The van der Waals surface area contributed by atoms with Crippen molar-refractivity contribution in [3.63, 3.8) is 0 Å². The number of rotatable bonds is 4. The summed E-state index contributed by atoms with van der Waals surface area (Å²) in [7, 11) is 0. The van der Waals surface area contributed by atoms with Gasteiger partial charge in [-0.2, -0.15) is 0 Å². The highest BCUT2D eigenvalue weighted by Gasteiger charge is 2.51. The number of carbonyl (C=O) groups excluding carboxylic acids is 3. The molecule has 178 valence electrons. The fourth-order valence-electron chi connectivity index (χ4n) is 5.20. The number of esters is 1.